The van der Waals surface area contributed by atoms with Crippen LogP contribution in [-0.2, 0) is 11.3 Å². The molecule has 8 heteroatoms. The highest BCUT2D eigenvalue weighted by Gasteiger charge is 2.26. The van der Waals surface area contributed by atoms with Crippen LogP contribution in [0.1, 0.15) is 19.1 Å². The number of aromatic nitrogens is 1. The zero-order chi connectivity index (χ0) is 17.8. The van der Waals surface area contributed by atoms with Crippen molar-refractivity contribution in [1.82, 2.24) is 20.7 Å². The summed E-state index contributed by atoms with van der Waals surface area (Å²) in [6.07, 6.45) is 0.758. The van der Waals surface area contributed by atoms with Gasteiger partial charge in [0, 0.05) is 42.7 Å². The van der Waals surface area contributed by atoms with Gasteiger partial charge >= 0.3 is 6.03 Å². The highest BCUT2D eigenvalue weighted by Crippen LogP contribution is 2.22. The maximum Gasteiger partial charge on any atom is 0.317 e. The maximum absolute atomic E-state index is 12.2. The molecule has 0 spiro atoms. The van der Waals surface area contributed by atoms with Gasteiger partial charge in [0.2, 0.25) is 5.91 Å². The second kappa shape index (κ2) is 7.57. The van der Waals surface area contributed by atoms with Crippen molar-refractivity contribution >= 4 is 23.5 Å². The monoisotopic (exact) mass is 362 g/mol. The number of nitrogens with one attached hydrogen (secondary N) is 2. The predicted molar refractivity (Wildman–Crippen MR) is 93.0 cm³/mol. The third-order valence-electron chi connectivity index (χ3n) is 3.98. The molecule has 0 bridgehead atoms. The standard InChI is InChI=1S/C17H19ClN4O3/c1-11(23)20-14-5-6-22(10-14)17(24)19-9-15-8-16(21-25-15)12-3-2-4-13(18)7-12/h2-4,7-8,14H,5-6,9-10H2,1H3,(H,19,24)(H,20,23). The lowest BCUT2D eigenvalue weighted by Crippen LogP contribution is -2.41. The van der Waals surface area contributed by atoms with E-state index in [0.717, 1.165) is 12.0 Å². The van der Waals surface area contributed by atoms with Gasteiger partial charge in [0.05, 0.1) is 6.54 Å². The number of hydrogen-bond donors (Lipinski definition) is 2. The summed E-state index contributed by atoms with van der Waals surface area (Å²) in [5, 5.41) is 10.3. The Balaban J connectivity index is 1.52. The number of hydrogen-bond acceptors (Lipinski definition) is 4. The highest BCUT2D eigenvalue weighted by molar-refractivity contribution is 6.30. The number of benzene rings is 1. The molecule has 3 rings (SSSR count). The van der Waals surface area contributed by atoms with Crippen LogP contribution in [-0.4, -0.2) is 41.1 Å². The first-order valence-corrected chi connectivity index (χ1v) is 8.40. The van der Waals surface area contributed by atoms with Gasteiger partial charge in [-0.2, -0.15) is 0 Å². The number of urea groups is 1. The van der Waals surface area contributed by atoms with Gasteiger partial charge < -0.3 is 20.1 Å². The lowest BCUT2D eigenvalue weighted by atomic mass is 10.1. The summed E-state index contributed by atoms with van der Waals surface area (Å²) < 4.78 is 5.26. The average molecular weight is 363 g/mol. The van der Waals surface area contributed by atoms with Gasteiger partial charge in [0.1, 0.15) is 5.69 Å². The van der Waals surface area contributed by atoms with Crippen molar-refractivity contribution in [1.29, 1.82) is 0 Å². The number of carbonyl (C=O) groups excluding carboxylic acids is 2. The van der Waals surface area contributed by atoms with Gasteiger partial charge in [-0.05, 0) is 18.6 Å². The third-order valence-corrected chi connectivity index (χ3v) is 4.21. The zero-order valence-electron chi connectivity index (χ0n) is 13.8. The topological polar surface area (TPSA) is 87.5 Å². The van der Waals surface area contributed by atoms with Crippen LogP contribution in [0.3, 0.4) is 0 Å². The van der Waals surface area contributed by atoms with Gasteiger partial charge in [-0.1, -0.05) is 28.9 Å². The van der Waals surface area contributed by atoms with Crippen LogP contribution in [0.4, 0.5) is 4.79 Å². The Labute approximate surface area is 150 Å². The average Bonchev–Trinajstić information content (AvgIpc) is 3.21. The quantitative estimate of drug-likeness (QED) is 0.874. The molecule has 0 aliphatic carbocycles. The number of carbonyl (C=O) groups is 2. The van der Waals surface area contributed by atoms with E-state index >= 15 is 0 Å². The van der Waals surface area contributed by atoms with Crippen molar-refractivity contribution in [2.75, 3.05) is 13.1 Å². The Bertz CT molecular complexity index is 777. The minimum absolute atomic E-state index is 0.0166. The Morgan fingerprint density at radius 1 is 1.40 bits per heavy atom. The van der Waals surface area contributed by atoms with Gasteiger partial charge in [0.15, 0.2) is 5.76 Å². The van der Waals surface area contributed by atoms with Crippen molar-refractivity contribution in [3.8, 4) is 11.3 Å². The highest BCUT2D eigenvalue weighted by atomic mass is 35.5. The molecular weight excluding hydrogens is 344 g/mol. The summed E-state index contributed by atoms with van der Waals surface area (Å²) >= 11 is 5.97. The fourth-order valence-corrected chi connectivity index (χ4v) is 2.99. The molecule has 2 aromatic rings. The predicted octanol–water partition coefficient (Wildman–Crippen LogP) is 2.42. The molecule has 2 N–H and O–H groups in total. The fraction of sp³-hybridized carbons (Fsp3) is 0.353. The Morgan fingerprint density at radius 3 is 3.00 bits per heavy atom. The van der Waals surface area contributed by atoms with E-state index in [2.05, 4.69) is 15.8 Å². The van der Waals surface area contributed by atoms with Crippen LogP contribution >= 0.6 is 11.6 Å². The minimum Gasteiger partial charge on any atom is -0.359 e. The van der Waals surface area contributed by atoms with Gasteiger partial charge in [-0.25, -0.2) is 4.79 Å². The molecule has 1 aromatic carbocycles. The Hall–Kier alpha value is -2.54. The SMILES string of the molecule is CC(=O)NC1CCN(C(=O)NCc2cc(-c3cccc(Cl)c3)no2)C1. The molecule has 25 heavy (non-hydrogen) atoms. The molecule has 3 amide bonds. The van der Waals surface area contributed by atoms with Crippen molar-refractivity contribution < 1.29 is 14.1 Å². The van der Waals surface area contributed by atoms with Gasteiger partial charge in [-0.15, -0.1) is 0 Å². The first-order chi connectivity index (χ1) is 12.0. The molecule has 1 atom stereocenters. The van der Waals surface area contributed by atoms with E-state index in [1.54, 1.807) is 23.1 Å². The van der Waals surface area contributed by atoms with E-state index in [1.807, 2.05) is 12.1 Å². The van der Waals surface area contributed by atoms with Crippen molar-refractivity contribution in [2.45, 2.75) is 25.9 Å². The number of halogens is 1. The van der Waals surface area contributed by atoms with E-state index in [1.165, 1.54) is 6.92 Å². The molecule has 132 valence electrons. The fourth-order valence-electron chi connectivity index (χ4n) is 2.80. The van der Waals surface area contributed by atoms with E-state index in [0.29, 0.717) is 29.6 Å². The van der Waals surface area contributed by atoms with Crippen LogP contribution in [0.5, 0.6) is 0 Å². The minimum atomic E-state index is -0.187. The van der Waals surface area contributed by atoms with E-state index in [-0.39, 0.29) is 24.5 Å². The molecule has 2 heterocycles. The van der Waals surface area contributed by atoms with Gasteiger partial charge in [-0.3, -0.25) is 4.79 Å². The molecule has 1 fully saturated rings. The summed E-state index contributed by atoms with van der Waals surface area (Å²) in [5.41, 5.74) is 1.52. The first-order valence-electron chi connectivity index (χ1n) is 8.02. The zero-order valence-corrected chi connectivity index (χ0v) is 14.5. The molecule has 0 radical (unpaired) electrons. The molecule has 1 aliphatic heterocycles. The van der Waals surface area contributed by atoms with Gasteiger partial charge in [0.25, 0.3) is 0 Å². The first kappa shape index (κ1) is 17.3. The van der Waals surface area contributed by atoms with Crippen LogP contribution in [0.25, 0.3) is 11.3 Å². The summed E-state index contributed by atoms with van der Waals surface area (Å²) in [4.78, 5) is 24.9. The maximum atomic E-state index is 12.2. The molecule has 1 aromatic heterocycles. The third kappa shape index (κ3) is 4.51. The largest absolute Gasteiger partial charge is 0.359 e. The Kier molecular flexibility index (Phi) is 5.23. The lowest BCUT2D eigenvalue weighted by molar-refractivity contribution is -0.119. The smallest absolute Gasteiger partial charge is 0.317 e. The molecule has 0 saturated carbocycles. The number of amides is 3. The molecular formula is C17H19ClN4O3. The summed E-state index contributed by atoms with van der Waals surface area (Å²) in [5.74, 6) is 0.475. The molecule has 1 aliphatic rings. The second-order valence-corrected chi connectivity index (χ2v) is 6.42. The number of rotatable bonds is 4. The normalized spacial score (nSPS) is 16.7. The van der Waals surface area contributed by atoms with Crippen molar-refractivity contribution in [2.24, 2.45) is 0 Å². The van der Waals surface area contributed by atoms with E-state index in [4.69, 9.17) is 16.1 Å². The van der Waals surface area contributed by atoms with Crippen LogP contribution in [0.2, 0.25) is 5.02 Å². The van der Waals surface area contributed by atoms with Crippen LogP contribution < -0.4 is 10.6 Å². The molecule has 7 nitrogen and oxygen atoms in total. The summed E-state index contributed by atoms with van der Waals surface area (Å²) in [6.45, 7) is 2.84. The van der Waals surface area contributed by atoms with E-state index < -0.39 is 0 Å². The van der Waals surface area contributed by atoms with Crippen LogP contribution in [0, 0.1) is 0 Å². The molecule has 1 saturated heterocycles. The van der Waals surface area contributed by atoms with Crippen molar-refractivity contribution in [3.05, 3.63) is 41.1 Å². The van der Waals surface area contributed by atoms with E-state index in [9.17, 15) is 9.59 Å². The molecule has 1 unspecified atom stereocenters. The van der Waals surface area contributed by atoms with Crippen molar-refractivity contribution in [3.63, 3.8) is 0 Å². The Morgan fingerprint density at radius 2 is 2.24 bits per heavy atom. The summed E-state index contributed by atoms with van der Waals surface area (Å²) in [7, 11) is 0. The number of nitrogens with zero attached hydrogens (tertiary/aromatic N) is 2. The second-order valence-electron chi connectivity index (χ2n) is 5.98. The summed E-state index contributed by atoms with van der Waals surface area (Å²) in [6, 6.07) is 8.92. The lowest BCUT2D eigenvalue weighted by Gasteiger charge is -2.17. The van der Waals surface area contributed by atoms with Crippen LogP contribution in [0.15, 0.2) is 34.9 Å². The number of likely N-dealkylation sites (tertiary alicyclic amines) is 1.